The lowest BCUT2D eigenvalue weighted by atomic mass is 9.71. The number of aliphatic hydroxyl groups is 1. The number of hydrogen-bond donors (Lipinski definition) is 2. The van der Waals surface area contributed by atoms with E-state index < -0.39 is 5.54 Å². The van der Waals surface area contributed by atoms with Crippen molar-refractivity contribution in [2.45, 2.75) is 30.6 Å². The van der Waals surface area contributed by atoms with Gasteiger partial charge in [-0.25, -0.2) is 0 Å². The van der Waals surface area contributed by atoms with Gasteiger partial charge in [-0.3, -0.25) is 0 Å². The van der Waals surface area contributed by atoms with Gasteiger partial charge in [0.05, 0.1) is 11.6 Å². The lowest BCUT2D eigenvalue weighted by Crippen LogP contribution is -2.65. The van der Waals surface area contributed by atoms with Crippen LogP contribution in [0.1, 0.15) is 12.8 Å². The number of rotatable bonds is 1. The second kappa shape index (κ2) is 3.37. The minimum atomic E-state index is -0.438. The van der Waals surface area contributed by atoms with Crippen molar-refractivity contribution in [1.82, 2.24) is 0 Å². The zero-order chi connectivity index (χ0) is 11.2. The number of para-hydroxylation sites is 2. The summed E-state index contributed by atoms with van der Waals surface area (Å²) in [5, 5.41) is 9.33. The fourth-order valence-electron chi connectivity index (χ4n) is 2.38. The first-order valence-electron chi connectivity index (χ1n) is 5.53. The fraction of sp³-hybridized carbons (Fsp3) is 0.500. The molecule has 1 atom stereocenters. The second-order valence-corrected chi connectivity index (χ2v) is 4.66. The van der Waals surface area contributed by atoms with Crippen LogP contribution < -0.4 is 15.2 Å². The van der Waals surface area contributed by atoms with E-state index >= 15 is 0 Å². The van der Waals surface area contributed by atoms with Crippen LogP contribution in [0.5, 0.6) is 11.5 Å². The Morgan fingerprint density at radius 2 is 1.94 bits per heavy atom. The zero-order valence-electron chi connectivity index (χ0n) is 8.93. The van der Waals surface area contributed by atoms with E-state index in [-0.39, 0.29) is 12.2 Å². The van der Waals surface area contributed by atoms with Crippen LogP contribution in [0.25, 0.3) is 0 Å². The van der Waals surface area contributed by atoms with E-state index in [9.17, 15) is 5.11 Å². The maximum atomic E-state index is 9.33. The van der Waals surface area contributed by atoms with Crippen LogP contribution in [0.15, 0.2) is 24.3 Å². The number of benzene rings is 1. The third-order valence-corrected chi connectivity index (χ3v) is 3.38. The molecule has 1 aromatic rings. The van der Waals surface area contributed by atoms with Crippen LogP contribution in [0.2, 0.25) is 0 Å². The fourth-order valence-corrected chi connectivity index (χ4v) is 2.38. The SMILES string of the molecule is NC1(C2COc3ccccc3O2)CC(O)C1. The van der Waals surface area contributed by atoms with E-state index in [1.165, 1.54) is 0 Å². The molecule has 3 rings (SSSR count). The summed E-state index contributed by atoms with van der Waals surface area (Å²) in [6, 6.07) is 7.57. The van der Waals surface area contributed by atoms with Gasteiger partial charge >= 0.3 is 0 Å². The summed E-state index contributed by atoms with van der Waals surface area (Å²) in [6.07, 6.45) is 0.725. The van der Waals surface area contributed by atoms with E-state index in [1.54, 1.807) is 0 Å². The molecule has 4 nitrogen and oxygen atoms in total. The summed E-state index contributed by atoms with van der Waals surface area (Å²) in [6.45, 7) is 0.459. The average Bonchev–Trinajstić information content (AvgIpc) is 2.26. The molecule has 1 fully saturated rings. The van der Waals surface area contributed by atoms with Gasteiger partial charge in [0.1, 0.15) is 6.61 Å². The van der Waals surface area contributed by atoms with Gasteiger partial charge in [-0.1, -0.05) is 12.1 Å². The molecule has 1 unspecified atom stereocenters. The van der Waals surface area contributed by atoms with Gasteiger partial charge in [0.2, 0.25) is 0 Å². The maximum absolute atomic E-state index is 9.33. The van der Waals surface area contributed by atoms with Crippen molar-refractivity contribution in [3.8, 4) is 11.5 Å². The van der Waals surface area contributed by atoms with Crippen molar-refractivity contribution in [2.75, 3.05) is 6.61 Å². The number of hydrogen-bond acceptors (Lipinski definition) is 4. The van der Waals surface area contributed by atoms with E-state index in [0.29, 0.717) is 19.4 Å². The van der Waals surface area contributed by atoms with Crippen LogP contribution in [-0.4, -0.2) is 29.5 Å². The molecule has 0 radical (unpaired) electrons. The number of ether oxygens (including phenoxy) is 2. The highest BCUT2D eigenvalue weighted by Gasteiger charge is 2.49. The molecule has 0 spiro atoms. The number of nitrogens with two attached hydrogens (primary N) is 1. The van der Waals surface area contributed by atoms with Gasteiger partial charge < -0.3 is 20.3 Å². The Bertz CT molecular complexity index is 401. The molecule has 0 amide bonds. The molecule has 1 aliphatic carbocycles. The number of aliphatic hydroxyl groups excluding tert-OH is 1. The van der Waals surface area contributed by atoms with Crippen molar-refractivity contribution in [3.05, 3.63) is 24.3 Å². The quantitative estimate of drug-likeness (QED) is 0.732. The Labute approximate surface area is 94.0 Å². The molecule has 1 aliphatic heterocycles. The lowest BCUT2D eigenvalue weighted by molar-refractivity contribution is -0.0624. The van der Waals surface area contributed by atoms with Gasteiger partial charge in [-0.2, -0.15) is 0 Å². The third kappa shape index (κ3) is 1.45. The second-order valence-electron chi connectivity index (χ2n) is 4.66. The van der Waals surface area contributed by atoms with E-state index in [2.05, 4.69) is 0 Å². The molecular formula is C12H15NO3. The zero-order valence-corrected chi connectivity index (χ0v) is 8.93. The Balaban J connectivity index is 1.78. The predicted molar refractivity (Wildman–Crippen MR) is 58.5 cm³/mol. The summed E-state index contributed by atoms with van der Waals surface area (Å²) < 4.78 is 11.4. The third-order valence-electron chi connectivity index (χ3n) is 3.38. The highest BCUT2D eigenvalue weighted by molar-refractivity contribution is 5.41. The Kier molecular flexibility index (Phi) is 2.09. The maximum Gasteiger partial charge on any atom is 0.161 e. The molecule has 1 aromatic carbocycles. The lowest BCUT2D eigenvalue weighted by Gasteiger charge is -2.48. The van der Waals surface area contributed by atoms with Crippen LogP contribution >= 0.6 is 0 Å². The topological polar surface area (TPSA) is 64.7 Å². The van der Waals surface area contributed by atoms with Crippen molar-refractivity contribution in [3.63, 3.8) is 0 Å². The van der Waals surface area contributed by atoms with Crippen LogP contribution in [0.4, 0.5) is 0 Å². The normalized spacial score (nSPS) is 36.6. The largest absolute Gasteiger partial charge is 0.486 e. The first kappa shape index (κ1) is 9.93. The summed E-state index contributed by atoms with van der Waals surface area (Å²) in [4.78, 5) is 0. The first-order chi connectivity index (χ1) is 7.67. The van der Waals surface area contributed by atoms with Gasteiger partial charge in [-0.15, -0.1) is 0 Å². The molecule has 2 aliphatic rings. The minimum Gasteiger partial charge on any atom is -0.486 e. The van der Waals surface area contributed by atoms with Gasteiger partial charge in [-0.05, 0) is 25.0 Å². The summed E-state index contributed by atoms with van der Waals surface area (Å²) in [5.41, 5.74) is 5.72. The predicted octanol–water partition coefficient (Wildman–Crippen LogP) is 0.679. The van der Waals surface area contributed by atoms with Crippen molar-refractivity contribution in [1.29, 1.82) is 0 Å². The van der Waals surface area contributed by atoms with Gasteiger partial charge in [0.15, 0.2) is 17.6 Å². The Morgan fingerprint density at radius 1 is 1.25 bits per heavy atom. The minimum absolute atomic E-state index is 0.161. The average molecular weight is 221 g/mol. The monoisotopic (exact) mass is 221 g/mol. The molecule has 0 aromatic heterocycles. The molecule has 3 N–H and O–H groups in total. The van der Waals surface area contributed by atoms with E-state index in [1.807, 2.05) is 24.3 Å². The summed E-state index contributed by atoms with van der Waals surface area (Å²) in [7, 11) is 0. The standard InChI is InChI=1S/C12H15NO3/c13-12(5-8(14)6-12)11-7-15-9-3-1-2-4-10(9)16-11/h1-4,8,11,14H,5-7,13H2. The van der Waals surface area contributed by atoms with Crippen LogP contribution in [0.3, 0.4) is 0 Å². The van der Waals surface area contributed by atoms with Crippen LogP contribution in [-0.2, 0) is 0 Å². The molecule has 16 heavy (non-hydrogen) atoms. The smallest absolute Gasteiger partial charge is 0.161 e. The highest BCUT2D eigenvalue weighted by atomic mass is 16.6. The summed E-state index contributed by atoms with van der Waals surface area (Å²) >= 11 is 0. The van der Waals surface area contributed by atoms with Crippen LogP contribution in [0, 0.1) is 0 Å². The van der Waals surface area contributed by atoms with Gasteiger partial charge in [0.25, 0.3) is 0 Å². The first-order valence-corrected chi connectivity index (χ1v) is 5.53. The molecule has 0 bridgehead atoms. The van der Waals surface area contributed by atoms with E-state index in [4.69, 9.17) is 15.2 Å². The van der Waals surface area contributed by atoms with E-state index in [0.717, 1.165) is 11.5 Å². The van der Waals surface area contributed by atoms with Crippen molar-refractivity contribution < 1.29 is 14.6 Å². The molecule has 1 heterocycles. The summed E-state index contributed by atoms with van der Waals surface area (Å²) in [5.74, 6) is 1.51. The highest BCUT2D eigenvalue weighted by Crippen LogP contribution is 2.39. The molecule has 0 saturated heterocycles. The molecule has 86 valence electrons. The van der Waals surface area contributed by atoms with Crippen molar-refractivity contribution >= 4 is 0 Å². The van der Waals surface area contributed by atoms with Gasteiger partial charge in [0, 0.05) is 0 Å². The molecule has 4 heteroatoms. The Morgan fingerprint density at radius 3 is 2.62 bits per heavy atom. The Hall–Kier alpha value is -1.26. The molecule has 1 saturated carbocycles. The van der Waals surface area contributed by atoms with Crippen molar-refractivity contribution in [2.24, 2.45) is 5.73 Å². The number of fused-ring (bicyclic) bond motifs is 1. The molecular weight excluding hydrogens is 206 g/mol.